The van der Waals surface area contributed by atoms with Gasteiger partial charge in [-0.2, -0.15) is 0 Å². The Bertz CT molecular complexity index is 169. The van der Waals surface area contributed by atoms with Crippen molar-refractivity contribution in [3.05, 3.63) is 23.5 Å². The van der Waals surface area contributed by atoms with Crippen molar-refractivity contribution in [3.63, 3.8) is 0 Å². The molecule has 2 aliphatic rings. The van der Waals surface area contributed by atoms with Crippen LogP contribution in [0.5, 0.6) is 0 Å². The van der Waals surface area contributed by atoms with E-state index in [2.05, 4.69) is 23.3 Å². The molecule has 2 heteroatoms. The number of fused-ring (bicyclic) bond motifs is 1. The molecular formula is C8H12N2. The van der Waals surface area contributed by atoms with Crippen molar-refractivity contribution in [2.24, 2.45) is 0 Å². The van der Waals surface area contributed by atoms with Crippen LogP contribution in [0.25, 0.3) is 0 Å². The second-order valence-electron chi connectivity index (χ2n) is 2.83. The molecular weight excluding hydrogens is 124 g/mol. The lowest BCUT2D eigenvalue weighted by Crippen LogP contribution is -2.26. The molecule has 2 nitrogen and oxygen atoms in total. The van der Waals surface area contributed by atoms with Gasteiger partial charge in [-0.15, -0.1) is 0 Å². The Morgan fingerprint density at radius 3 is 1.90 bits per heavy atom. The summed E-state index contributed by atoms with van der Waals surface area (Å²) in [6, 6.07) is 0. The summed E-state index contributed by atoms with van der Waals surface area (Å²) in [4.78, 5) is 0. The van der Waals surface area contributed by atoms with Crippen molar-refractivity contribution < 1.29 is 0 Å². The van der Waals surface area contributed by atoms with Crippen LogP contribution in [0.3, 0.4) is 0 Å². The first-order chi connectivity index (χ1) is 4.97. The molecule has 0 aromatic carbocycles. The average Bonchev–Trinajstić information content (AvgIpc) is 2.05. The van der Waals surface area contributed by atoms with Gasteiger partial charge in [0.2, 0.25) is 0 Å². The maximum absolute atomic E-state index is 3.00. The molecule has 2 rings (SSSR count). The molecule has 0 amide bonds. The van der Waals surface area contributed by atoms with Gasteiger partial charge >= 0.3 is 0 Å². The van der Waals surface area contributed by atoms with Crippen molar-refractivity contribution in [2.75, 3.05) is 0 Å². The third kappa shape index (κ3) is 0.897. The molecule has 0 aromatic heterocycles. The third-order valence-corrected chi connectivity index (χ3v) is 2.13. The van der Waals surface area contributed by atoms with Crippen molar-refractivity contribution in [2.45, 2.75) is 25.7 Å². The van der Waals surface area contributed by atoms with Crippen molar-refractivity contribution in [1.82, 2.24) is 10.9 Å². The summed E-state index contributed by atoms with van der Waals surface area (Å²) in [5.74, 6) is 0. The number of hydrogen-bond acceptors (Lipinski definition) is 2. The molecule has 1 saturated carbocycles. The number of rotatable bonds is 0. The first-order valence-corrected chi connectivity index (χ1v) is 3.86. The van der Waals surface area contributed by atoms with E-state index in [0.29, 0.717) is 0 Å². The Hall–Kier alpha value is -0.920. The van der Waals surface area contributed by atoms with Crippen LogP contribution >= 0.6 is 0 Å². The minimum atomic E-state index is 1.25. The molecule has 0 atom stereocenters. The maximum atomic E-state index is 3.00. The highest BCUT2D eigenvalue weighted by atomic mass is 15.3. The number of nitrogens with one attached hydrogen (secondary N) is 2. The van der Waals surface area contributed by atoms with Crippen LogP contribution in [-0.2, 0) is 0 Å². The molecule has 0 unspecified atom stereocenters. The molecule has 2 N–H and O–H groups in total. The fraction of sp³-hybridized carbons (Fsp3) is 0.500. The monoisotopic (exact) mass is 136 g/mol. The van der Waals surface area contributed by atoms with Crippen LogP contribution in [0.2, 0.25) is 0 Å². The maximum Gasteiger partial charge on any atom is 0.0213 e. The third-order valence-electron chi connectivity index (χ3n) is 2.13. The Morgan fingerprint density at radius 1 is 0.900 bits per heavy atom. The molecule has 54 valence electrons. The summed E-state index contributed by atoms with van der Waals surface area (Å²) in [6.07, 6.45) is 9.36. The first kappa shape index (κ1) is 5.83. The van der Waals surface area contributed by atoms with Crippen molar-refractivity contribution >= 4 is 0 Å². The van der Waals surface area contributed by atoms with Gasteiger partial charge in [-0.1, -0.05) is 0 Å². The number of allylic oxidation sites excluding steroid dienone is 2. The zero-order chi connectivity index (χ0) is 6.81. The SMILES string of the molecule is C1=C2CCCCC2=CNN1. The van der Waals surface area contributed by atoms with E-state index in [1.165, 1.54) is 36.8 Å². The van der Waals surface area contributed by atoms with Gasteiger partial charge in [-0.05, 0) is 36.8 Å². The minimum Gasteiger partial charge on any atom is -0.308 e. The lowest BCUT2D eigenvalue weighted by molar-refractivity contribution is 0.635. The Morgan fingerprint density at radius 2 is 1.40 bits per heavy atom. The molecule has 1 fully saturated rings. The Labute approximate surface area is 61.0 Å². The van der Waals surface area contributed by atoms with Crippen LogP contribution in [0.15, 0.2) is 23.5 Å². The standard InChI is InChI=1S/C8H12N2/c1-2-4-8-6-10-9-5-7(8)3-1/h5-6,9-10H,1-4H2. The smallest absolute Gasteiger partial charge is 0.0213 e. The summed E-state index contributed by atoms with van der Waals surface area (Å²) in [5.41, 5.74) is 8.97. The van der Waals surface area contributed by atoms with Crippen molar-refractivity contribution in [1.29, 1.82) is 0 Å². The fourth-order valence-corrected chi connectivity index (χ4v) is 1.54. The second-order valence-corrected chi connectivity index (χ2v) is 2.83. The summed E-state index contributed by atoms with van der Waals surface area (Å²) >= 11 is 0. The summed E-state index contributed by atoms with van der Waals surface area (Å²) < 4.78 is 0. The highest BCUT2D eigenvalue weighted by molar-refractivity contribution is 5.33. The van der Waals surface area contributed by atoms with Crippen LogP contribution in [0.1, 0.15) is 25.7 Å². The lowest BCUT2D eigenvalue weighted by Gasteiger charge is -2.21. The van der Waals surface area contributed by atoms with E-state index in [9.17, 15) is 0 Å². The highest BCUT2D eigenvalue weighted by Gasteiger charge is 2.12. The normalized spacial score (nSPS) is 23.2. The molecule has 0 spiro atoms. The molecule has 1 aliphatic carbocycles. The summed E-state index contributed by atoms with van der Waals surface area (Å²) in [5, 5.41) is 0. The summed E-state index contributed by atoms with van der Waals surface area (Å²) in [7, 11) is 0. The molecule has 10 heavy (non-hydrogen) atoms. The van der Waals surface area contributed by atoms with Gasteiger partial charge < -0.3 is 10.9 Å². The molecule has 1 aliphatic heterocycles. The predicted molar refractivity (Wildman–Crippen MR) is 40.9 cm³/mol. The first-order valence-electron chi connectivity index (χ1n) is 3.86. The lowest BCUT2D eigenvalue weighted by atomic mass is 9.90. The van der Waals surface area contributed by atoms with E-state index >= 15 is 0 Å². The quantitative estimate of drug-likeness (QED) is 0.526. The van der Waals surface area contributed by atoms with Crippen LogP contribution < -0.4 is 10.9 Å². The number of hydrogen-bond donors (Lipinski definition) is 2. The zero-order valence-corrected chi connectivity index (χ0v) is 5.98. The second kappa shape index (κ2) is 2.37. The van der Waals surface area contributed by atoms with E-state index in [1.807, 2.05) is 0 Å². The van der Waals surface area contributed by atoms with Gasteiger partial charge in [0.15, 0.2) is 0 Å². The molecule has 0 radical (unpaired) electrons. The van der Waals surface area contributed by atoms with Gasteiger partial charge in [0.05, 0.1) is 0 Å². The van der Waals surface area contributed by atoms with Crippen LogP contribution in [0.4, 0.5) is 0 Å². The molecule has 0 saturated heterocycles. The van der Waals surface area contributed by atoms with Gasteiger partial charge in [0.25, 0.3) is 0 Å². The summed E-state index contributed by atoms with van der Waals surface area (Å²) in [6.45, 7) is 0. The minimum absolute atomic E-state index is 1.25. The fourth-order valence-electron chi connectivity index (χ4n) is 1.54. The number of hydrazine groups is 1. The van der Waals surface area contributed by atoms with Gasteiger partial charge in [-0.25, -0.2) is 0 Å². The van der Waals surface area contributed by atoms with E-state index in [4.69, 9.17) is 0 Å². The van der Waals surface area contributed by atoms with E-state index in [0.717, 1.165) is 0 Å². The molecule has 0 bridgehead atoms. The predicted octanol–water partition coefficient (Wildman–Crippen LogP) is 1.44. The highest BCUT2D eigenvalue weighted by Crippen LogP contribution is 2.28. The van der Waals surface area contributed by atoms with Gasteiger partial charge in [-0.3, -0.25) is 0 Å². The zero-order valence-electron chi connectivity index (χ0n) is 5.98. The van der Waals surface area contributed by atoms with E-state index < -0.39 is 0 Å². The average molecular weight is 136 g/mol. The van der Waals surface area contributed by atoms with Crippen LogP contribution in [0, 0.1) is 0 Å². The van der Waals surface area contributed by atoms with Crippen LogP contribution in [-0.4, -0.2) is 0 Å². The van der Waals surface area contributed by atoms with Crippen molar-refractivity contribution in [3.8, 4) is 0 Å². The van der Waals surface area contributed by atoms with E-state index in [-0.39, 0.29) is 0 Å². The Kier molecular flexibility index (Phi) is 1.38. The van der Waals surface area contributed by atoms with Gasteiger partial charge in [0, 0.05) is 12.4 Å². The topological polar surface area (TPSA) is 24.1 Å². The molecule has 1 heterocycles. The largest absolute Gasteiger partial charge is 0.308 e. The van der Waals surface area contributed by atoms with Gasteiger partial charge in [0.1, 0.15) is 0 Å². The molecule has 0 aromatic rings. The Balaban J connectivity index is 2.19. The van der Waals surface area contributed by atoms with E-state index in [1.54, 1.807) is 0 Å².